The third-order valence-electron chi connectivity index (χ3n) is 4.56. The minimum atomic E-state index is 0.106. The Morgan fingerprint density at radius 3 is 2.58 bits per heavy atom. The van der Waals surface area contributed by atoms with Crippen LogP contribution in [0.3, 0.4) is 0 Å². The summed E-state index contributed by atoms with van der Waals surface area (Å²) in [5, 5.41) is 8.93. The average molecular weight is 392 g/mol. The molecule has 3 heterocycles. The van der Waals surface area contributed by atoms with Crippen LogP contribution in [0.5, 0.6) is 0 Å². The lowest BCUT2D eigenvalue weighted by atomic mass is 9.93. The van der Waals surface area contributed by atoms with Crippen molar-refractivity contribution in [3.05, 3.63) is 38.5 Å². The molecule has 0 unspecified atom stereocenters. The molecule has 3 rings (SSSR count). The van der Waals surface area contributed by atoms with Gasteiger partial charge in [0.1, 0.15) is 5.01 Å². The fraction of sp³-hybridized carbons (Fsp3) is 0.579. The Balaban J connectivity index is 1.48. The second kappa shape index (κ2) is 8.50. The number of aliphatic imine (C=N–C) groups is 1. The van der Waals surface area contributed by atoms with Crippen molar-refractivity contribution in [2.45, 2.75) is 39.3 Å². The summed E-state index contributed by atoms with van der Waals surface area (Å²) in [5.74, 6) is 0.980. The lowest BCUT2D eigenvalue weighted by Crippen LogP contribution is -2.51. The highest BCUT2D eigenvalue weighted by molar-refractivity contribution is 7.10. The standard InChI is InChI=1S/C19H29N5S2/c1-19(2,3)16-14-26-17(22-16)12-21-18(20-4)24-9-7-23(8-10-24)13-15-6-5-11-25-15/h5-6,11,14H,7-10,12-13H2,1-4H3,(H,20,21). The molecule has 1 fully saturated rings. The number of rotatable bonds is 4. The van der Waals surface area contributed by atoms with Gasteiger partial charge in [0, 0.05) is 55.4 Å². The Bertz CT molecular complexity index is 707. The summed E-state index contributed by atoms with van der Waals surface area (Å²) < 4.78 is 0. The van der Waals surface area contributed by atoms with Crippen LogP contribution in [0.2, 0.25) is 0 Å². The number of nitrogens with zero attached hydrogens (tertiary/aromatic N) is 4. The van der Waals surface area contributed by atoms with E-state index in [0.717, 1.165) is 55.9 Å². The number of guanidine groups is 1. The van der Waals surface area contributed by atoms with Crippen molar-refractivity contribution in [3.8, 4) is 0 Å². The van der Waals surface area contributed by atoms with Gasteiger partial charge in [-0.1, -0.05) is 26.8 Å². The summed E-state index contributed by atoms with van der Waals surface area (Å²) in [4.78, 5) is 15.6. The quantitative estimate of drug-likeness (QED) is 0.641. The molecule has 0 saturated carbocycles. The Morgan fingerprint density at radius 1 is 1.23 bits per heavy atom. The summed E-state index contributed by atoms with van der Waals surface area (Å²) in [5.41, 5.74) is 1.27. The maximum absolute atomic E-state index is 4.76. The van der Waals surface area contributed by atoms with E-state index in [-0.39, 0.29) is 5.41 Å². The summed E-state index contributed by atoms with van der Waals surface area (Å²) in [6, 6.07) is 4.35. The lowest BCUT2D eigenvalue weighted by Gasteiger charge is -2.36. The molecule has 0 bridgehead atoms. The summed E-state index contributed by atoms with van der Waals surface area (Å²) in [7, 11) is 1.86. The molecule has 0 spiro atoms. The molecule has 1 aliphatic heterocycles. The van der Waals surface area contributed by atoms with Crippen LogP contribution in [0.1, 0.15) is 36.3 Å². The average Bonchev–Trinajstić information content (AvgIpc) is 3.28. The van der Waals surface area contributed by atoms with Gasteiger partial charge >= 0.3 is 0 Å². The third kappa shape index (κ3) is 5.05. The van der Waals surface area contributed by atoms with E-state index in [1.54, 1.807) is 11.3 Å². The van der Waals surface area contributed by atoms with Crippen molar-refractivity contribution in [3.63, 3.8) is 0 Å². The van der Waals surface area contributed by atoms with Crippen molar-refractivity contribution >= 4 is 28.6 Å². The third-order valence-corrected chi connectivity index (χ3v) is 6.27. The molecule has 5 nitrogen and oxygen atoms in total. The molecule has 0 atom stereocenters. The van der Waals surface area contributed by atoms with E-state index >= 15 is 0 Å². The van der Waals surface area contributed by atoms with Crippen molar-refractivity contribution in [2.75, 3.05) is 33.2 Å². The maximum atomic E-state index is 4.76. The number of nitrogens with one attached hydrogen (secondary N) is 1. The lowest BCUT2D eigenvalue weighted by molar-refractivity contribution is 0.173. The first kappa shape index (κ1) is 19.3. The van der Waals surface area contributed by atoms with Gasteiger partial charge in [-0.3, -0.25) is 9.89 Å². The second-order valence-electron chi connectivity index (χ2n) is 7.62. The predicted molar refractivity (Wildman–Crippen MR) is 112 cm³/mol. The topological polar surface area (TPSA) is 43.8 Å². The highest BCUT2D eigenvalue weighted by Crippen LogP contribution is 2.23. The van der Waals surface area contributed by atoms with Crippen LogP contribution in [0.25, 0.3) is 0 Å². The minimum Gasteiger partial charge on any atom is -0.350 e. The minimum absolute atomic E-state index is 0.106. The Labute approximate surface area is 164 Å². The number of thiazole rings is 1. The Morgan fingerprint density at radius 2 is 2.00 bits per heavy atom. The summed E-state index contributed by atoms with van der Waals surface area (Å²) >= 11 is 3.56. The monoisotopic (exact) mass is 391 g/mol. The number of thiophene rings is 1. The van der Waals surface area contributed by atoms with E-state index in [1.807, 2.05) is 18.4 Å². The number of aromatic nitrogens is 1. The smallest absolute Gasteiger partial charge is 0.194 e. The predicted octanol–water partition coefficient (Wildman–Crippen LogP) is 3.40. The van der Waals surface area contributed by atoms with Crippen molar-refractivity contribution in [1.82, 2.24) is 20.1 Å². The first-order chi connectivity index (χ1) is 12.5. The van der Waals surface area contributed by atoms with Crippen molar-refractivity contribution < 1.29 is 0 Å². The van der Waals surface area contributed by atoms with E-state index in [0.29, 0.717) is 0 Å². The van der Waals surface area contributed by atoms with Crippen LogP contribution < -0.4 is 5.32 Å². The van der Waals surface area contributed by atoms with Crippen molar-refractivity contribution in [1.29, 1.82) is 0 Å². The highest BCUT2D eigenvalue weighted by Gasteiger charge is 2.21. The SMILES string of the molecule is CN=C(NCc1nc(C(C)(C)C)cs1)N1CCN(Cc2cccs2)CC1. The van der Waals surface area contributed by atoms with Gasteiger partial charge in [0.25, 0.3) is 0 Å². The van der Waals surface area contributed by atoms with Gasteiger partial charge < -0.3 is 10.2 Å². The number of piperazine rings is 1. The van der Waals surface area contributed by atoms with Gasteiger partial charge in [-0.2, -0.15) is 0 Å². The highest BCUT2D eigenvalue weighted by atomic mass is 32.1. The van der Waals surface area contributed by atoms with Crippen molar-refractivity contribution in [2.24, 2.45) is 4.99 Å². The molecule has 0 radical (unpaired) electrons. The zero-order valence-corrected chi connectivity index (χ0v) is 17.8. The largest absolute Gasteiger partial charge is 0.350 e. The number of hydrogen-bond acceptors (Lipinski definition) is 5. The molecule has 142 valence electrons. The van der Waals surface area contributed by atoms with Crippen LogP contribution in [0.15, 0.2) is 27.9 Å². The maximum Gasteiger partial charge on any atom is 0.194 e. The zero-order valence-electron chi connectivity index (χ0n) is 16.2. The van der Waals surface area contributed by atoms with Crippen LogP contribution in [0, 0.1) is 0 Å². The van der Waals surface area contributed by atoms with E-state index in [9.17, 15) is 0 Å². The molecule has 0 aromatic carbocycles. The van der Waals surface area contributed by atoms with Gasteiger partial charge in [0.05, 0.1) is 12.2 Å². The molecular formula is C19H29N5S2. The molecule has 1 N–H and O–H groups in total. The molecular weight excluding hydrogens is 362 g/mol. The van der Waals surface area contributed by atoms with E-state index in [1.165, 1.54) is 4.88 Å². The first-order valence-electron chi connectivity index (χ1n) is 9.11. The van der Waals surface area contributed by atoms with Gasteiger partial charge in [0.2, 0.25) is 0 Å². The Hall–Kier alpha value is -1.44. The fourth-order valence-corrected chi connectivity index (χ4v) is 4.67. The fourth-order valence-electron chi connectivity index (χ4n) is 2.96. The molecule has 0 amide bonds. The van der Waals surface area contributed by atoms with Gasteiger partial charge in [-0.15, -0.1) is 22.7 Å². The molecule has 2 aromatic heterocycles. The second-order valence-corrected chi connectivity index (χ2v) is 9.59. The molecule has 7 heteroatoms. The van der Waals surface area contributed by atoms with Gasteiger partial charge in [-0.05, 0) is 11.4 Å². The summed E-state index contributed by atoms with van der Waals surface area (Å²) in [6.07, 6.45) is 0. The van der Waals surface area contributed by atoms with Crippen LogP contribution in [0.4, 0.5) is 0 Å². The van der Waals surface area contributed by atoms with Crippen LogP contribution in [-0.2, 0) is 18.5 Å². The number of hydrogen-bond donors (Lipinski definition) is 1. The van der Waals surface area contributed by atoms with Gasteiger partial charge in [0.15, 0.2) is 5.96 Å². The Kier molecular flexibility index (Phi) is 6.32. The van der Waals surface area contributed by atoms with Crippen LogP contribution in [-0.4, -0.2) is 54.0 Å². The van der Waals surface area contributed by atoms with E-state index < -0.39 is 0 Å². The van der Waals surface area contributed by atoms with Crippen LogP contribution >= 0.6 is 22.7 Å². The molecule has 2 aromatic rings. The normalized spacial score (nSPS) is 16.9. The summed E-state index contributed by atoms with van der Waals surface area (Å²) in [6.45, 7) is 12.6. The molecule has 26 heavy (non-hydrogen) atoms. The van der Waals surface area contributed by atoms with E-state index in [2.05, 4.69) is 63.8 Å². The molecule has 1 saturated heterocycles. The first-order valence-corrected chi connectivity index (χ1v) is 10.9. The molecule has 1 aliphatic rings. The molecule has 0 aliphatic carbocycles. The zero-order chi connectivity index (χ0) is 18.6. The van der Waals surface area contributed by atoms with Gasteiger partial charge in [-0.25, -0.2) is 4.98 Å². The van der Waals surface area contributed by atoms with E-state index in [4.69, 9.17) is 4.98 Å².